The van der Waals surface area contributed by atoms with E-state index < -0.39 is 0 Å². The lowest BCUT2D eigenvalue weighted by atomic mass is 10.2. The molecule has 18 heavy (non-hydrogen) atoms. The van der Waals surface area contributed by atoms with Gasteiger partial charge in [-0.15, -0.1) is 0 Å². The van der Waals surface area contributed by atoms with E-state index in [9.17, 15) is 9.59 Å². The van der Waals surface area contributed by atoms with E-state index in [-0.39, 0.29) is 18.6 Å². The first-order chi connectivity index (χ1) is 8.68. The van der Waals surface area contributed by atoms with Crippen LogP contribution < -0.4 is 0 Å². The third-order valence-electron chi connectivity index (χ3n) is 2.91. The topological polar surface area (TPSA) is 49.9 Å². The lowest BCUT2D eigenvalue weighted by Crippen LogP contribution is -2.32. The summed E-state index contributed by atoms with van der Waals surface area (Å²) in [5.41, 5.74) is 0.530. The Morgan fingerprint density at radius 1 is 1.28 bits per heavy atom. The number of nitrogens with zero attached hydrogens (tertiary/aromatic N) is 2. The summed E-state index contributed by atoms with van der Waals surface area (Å²) in [5, 5.41) is 0. The number of likely N-dealkylation sites (N-methyl/N-ethyl adjacent to an activating group) is 1. The van der Waals surface area contributed by atoms with Crippen LogP contribution in [-0.4, -0.2) is 55.1 Å². The molecule has 1 aromatic rings. The van der Waals surface area contributed by atoms with Crippen LogP contribution in [0.5, 0.6) is 0 Å². The fourth-order valence-electron chi connectivity index (χ4n) is 1.82. The Bertz CT molecular complexity index is 433. The van der Waals surface area contributed by atoms with E-state index in [0.29, 0.717) is 18.7 Å². The smallest absolute Gasteiger partial charge is 0.338 e. The molecule has 96 valence electrons. The molecule has 1 aromatic carbocycles. The molecule has 0 aromatic heterocycles. The highest BCUT2D eigenvalue weighted by Gasteiger charge is 2.24. The second-order valence-electron chi connectivity index (χ2n) is 4.19. The highest BCUT2D eigenvalue weighted by atomic mass is 16.5. The van der Waals surface area contributed by atoms with Crippen molar-refractivity contribution in [2.24, 2.45) is 0 Å². The number of ether oxygens (including phenoxy) is 1. The van der Waals surface area contributed by atoms with Crippen molar-refractivity contribution in [3.63, 3.8) is 0 Å². The van der Waals surface area contributed by atoms with Gasteiger partial charge in [-0.05, 0) is 12.1 Å². The first kappa shape index (κ1) is 12.4. The third-order valence-corrected chi connectivity index (χ3v) is 2.91. The molecule has 5 nitrogen and oxygen atoms in total. The Morgan fingerprint density at radius 2 is 2.00 bits per heavy atom. The van der Waals surface area contributed by atoms with Crippen molar-refractivity contribution in [3.8, 4) is 0 Å². The fourth-order valence-corrected chi connectivity index (χ4v) is 1.82. The third kappa shape index (κ3) is 2.80. The van der Waals surface area contributed by atoms with Gasteiger partial charge < -0.3 is 14.5 Å². The number of esters is 1. The molecule has 0 unspecified atom stereocenters. The predicted molar refractivity (Wildman–Crippen MR) is 66.3 cm³/mol. The summed E-state index contributed by atoms with van der Waals surface area (Å²) in [6.07, 6.45) is 0. The van der Waals surface area contributed by atoms with Crippen molar-refractivity contribution in [2.45, 2.75) is 0 Å². The van der Waals surface area contributed by atoms with Gasteiger partial charge in [0.25, 0.3) is 0 Å². The normalized spacial score (nSPS) is 15.1. The molecular weight excluding hydrogens is 232 g/mol. The lowest BCUT2D eigenvalue weighted by molar-refractivity contribution is 0.0480. The maximum absolute atomic E-state index is 11.6. The number of benzene rings is 1. The number of hydrogen-bond acceptors (Lipinski definition) is 3. The summed E-state index contributed by atoms with van der Waals surface area (Å²) in [4.78, 5) is 26.5. The number of rotatable bonds is 4. The minimum Gasteiger partial charge on any atom is -0.460 e. The monoisotopic (exact) mass is 248 g/mol. The van der Waals surface area contributed by atoms with Gasteiger partial charge in [0.2, 0.25) is 0 Å². The van der Waals surface area contributed by atoms with Crippen LogP contribution in [0.2, 0.25) is 0 Å². The van der Waals surface area contributed by atoms with Gasteiger partial charge in [0.15, 0.2) is 0 Å². The van der Waals surface area contributed by atoms with Crippen LogP contribution in [0.1, 0.15) is 10.4 Å². The zero-order valence-corrected chi connectivity index (χ0v) is 10.3. The van der Waals surface area contributed by atoms with Crippen molar-refractivity contribution in [2.75, 3.05) is 33.3 Å². The van der Waals surface area contributed by atoms with Crippen LogP contribution in [0, 0.1) is 0 Å². The SMILES string of the molecule is CN1CCN(CCOC(=O)c2ccccc2)C1=O. The van der Waals surface area contributed by atoms with Crippen LogP contribution in [-0.2, 0) is 4.74 Å². The summed E-state index contributed by atoms with van der Waals surface area (Å²) in [6, 6.07) is 8.82. The van der Waals surface area contributed by atoms with E-state index in [2.05, 4.69) is 0 Å². The van der Waals surface area contributed by atoms with Gasteiger partial charge in [-0.2, -0.15) is 0 Å². The summed E-state index contributed by atoms with van der Waals surface area (Å²) in [6.45, 7) is 2.10. The maximum atomic E-state index is 11.6. The molecule has 2 rings (SSSR count). The van der Waals surface area contributed by atoms with Gasteiger partial charge in [-0.3, -0.25) is 0 Å². The van der Waals surface area contributed by atoms with Gasteiger partial charge in [0.05, 0.1) is 12.1 Å². The number of amides is 2. The standard InChI is InChI=1S/C13H16N2O3/c1-14-7-8-15(13(14)17)9-10-18-12(16)11-5-3-2-4-6-11/h2-6H,7-10H2,1H3. The van der Waals surface area contributed by atoms with Crippen LogP contribution in [0.25, 0.3) is 0 Å². The molecule has 0 bridgehead atoms. The Balaban J connectivity index is 1.76. The summed E-state index contributed by atoms with van der Waals surface area (Å²) in [7, 11) is 1.76. The molecule has 5 heteroatoms. The second kappa shape index (κ2) is 5.53. The quantitative estimate of drug-likeness (QED) is 0.752. The van der Waals surface area contributed by atoms with E-state index in [1.54, 1.807) is 41.1 Å². The Hall–Kier alpha value is -2.04. The van der Waals surface area contributed by atoms with Crippen molar-refractivity contribution in [1.82, 2.24) is 9.80 Å². The predicted octanol–water partition coefficient (Wildman–Crippen LogP) is 1.21. The zero-order valence-electron chi connectivity index (χ0n) is 10.3. The molecule has 0 spiro atoms. The van der Waals surface area contributed by atoms with Crippen LogP contribution in [0.4, 0.5) is 4.79 Å². The Labute approximate surface area is 106 Å². The van der Waals surface area contributed by atoms with Crippen LogP contribution in [0.3, 0.4) is 0 Å². The molecule has 0 radical (unpaired) electrons. The Morgan fingerprint density at radius 3 is 2.61 bits per heavy atom. The highest BCUT2D eigenvalue weighted by Crippen LogP contribution is 2.06. The first-order valence-corrected chi connectivity index (χ1v) is 5.90. The highest BCUT2D eigenvalue weighted by molar-refractivity contribution is 5.89. The van der Waals surface area contributed by atoms with Crippen molar-refractivity contribution in [3.05, 3.63) is 35.9 Å². The molecule has 0 saturated carbocycles. The first-order valence-electron chi connectivity index (χ1n) is 5.90. The van der Waals surface area contributed by atoms with Gasteiger partial charge in [0.1, 0.15) is 6.61 Å². The average molecular weight is 248 g/mol. The van der Waals surface area contributed by atoms with Crippen molar-refractivity contribution >= 4 is 12.0 Å². The van der Waals surface area contributed by atoms with Crippen LogP contribution >= 0.6 is 0 Å². The molecular formula is C13H16N2O3. The second-order valence-corrected chi connectivity index (χ2v) is 4.19. The number of carbonyl (C=O) groups is 2. The van der Waals surface area contributed by atoms with Gasteiger partial charge in [-0.1, -0.05) is 18.2 Å². The summed E-state index contributed by atoms with van der Waals surface area (Å²) >= 11 is 0. The van der Waals surface area contributed by atoms with E-state index in [1.807, 2.05) is 6.07 Å². The molecule has 1 heterocycles. The van der Waals surface area contributed by atoms with E-state index in [0.717, 1.165) is 6.54 Å². The molecule has 1 fully saturated rings. The molecule has 1 aliphatic rings. The van der Waals surface area contributed by atoms with Crippen molar-refractivity contribution < 1.29 is 14.3 Å². The molecule has 1 aliphatic heterocycles. The number of hydrogen-bond donors (Lipinski definition) is 0. The van der Waals surface area contributed by atoms with Gasteiger partial charge in [0, 0.05) is 20.1 Å². The molecule has 0 atom stereocenters. The molecule has 1 saturated heterocycles. The van der Waals surface area contributed by atoms with Gasteiger partial charge >= 0.3 is 12.0 Å². The molecule has 0 aliphatic carbocycles. The van der Waals surface area contributed by atoms with E-state index in [1.165, 1.54) is 0 Å². The van der Waals surface area contributed by atoms with Gasteiger partial charge in [-0.25, -0.2) is 9.59 Å². The Kier molecular flexibility index (Phi) is 3.82. The van der Waals surface area contributed by atoms with Crippen LogP contribution in [0.15, 0.2) is 30.3 Å². The largest absolute Gasteiger partial charge is 0.460 e. The fraction of sp³-hybridized carbons (Fsp3) is 0.385. The van der Waals surface area contributed by atoms with Crippen molar-refractivity contribution in [1.29, 1.82) is 0 Å². The van der Waals surface area contributed by atoms with E-state index >= 15 is 0 Å². The van der Waals surface area contributed by atoms with E-state index in [4.69, 9.17) is 4.74 Å². The lowest BCUT2D eigenvalue weighted by Gasteiger charge is -2.15. The minimum absolute atomic E-state index is 0.00856. The zero-order chi connectivity index (χ0) is 13.0. The maximum Gasteiger partial charge on any atom is 0.338 e. The summed E-state index contributed by atoms with van der Waals surface area (Å²) in [5.74, 6) is -0.351. The average Bonchev–Trinajstić information content (AvgIpc) is 2.71. The molecule has 2 amide bonds. The summed E-state index contributed by atoms with van der Waals surface area (Å²) < 4.78 is 5.12. The number of urea groups is 1. The molecule has 0 N–H and O–H groups in total. The minimum atomic E-state index is -0.351. The number of carbonyl (C=O) groups excluding carboxylic acids is 2.